The second kappa shape index (κ2) is 6.31. The molecule has 0 spiro atoms. The lowest BCUT2D eigenvalue weighted by Gasteiger charge is -2.11. The Balaban J connectivity index is 1.86. The molecular formula is C15H17N5OS. The van der Waals surface area contributed by atoms with Crippen LogP contribution in [0.25, 0.3) is 16.7 Å². The first-order valence-corrected chi connectivity index (χ1v) is 8.18. The minimum Gasteiger partial charge on any atom is -0.353 e. The first-order valence-electron chi connectivity index (χ1n) is 7.19. The number of aromatic nitrogens is 4. The van der Waals surface area contributed by atoms with Crippen molar-refractivity contribution in [1.82, 2.24) is 24.9 Å². The maximum absolute atomic E-state index is 11.9. The van der Waals surface area contributed by atoms with Crippen LogP contribution in [0, 0.1) is 0 Å². The van der Waals surface area contributed by atoms with Crippen LogP contribution in [0.15, 0.2) is 35.6 Å². The molecular weight excluding hydrogens is 298 g/mol. The summed E-state index contributed by atoms with van der Waals surface area (Å²) < 4.78 is 1.90. The van der Waals surface area contributed by atoms with Crippen LogP contribution in [0.2, 0.25) is 0 Å². The quantitative estimate of drug-likeness (QED) is 0.731. The van der Waals surface area contributed by atoms with Crippen molar-refractivity contribution in [3.8, 4) is 0 Å². The molecule has 1 aromatic carbocycles. The summed E-state index contributed by atoms with van der Waals surface area (Å²) >= 11 is 1.38. The van der Waals surface area contributed by atoms with Gasteiger partial charge in [0.2, 0.25) is 5.91 Å². The zero-order valence-corrected chi connectivity index (χ0v) is 13.3. The number of hydrogen-bond acceptors (Lipinski definition) is 5. The molecule has 0 fully saturated rings. The van der Waals surface area contributed by atoms with Crippen LogP contribution in [0.1, 0.15) is 20.3 Å². The minimum atomic E-state index is 0.00646. The van der Waals surface area contributed by atoms with Gasteiger partial charge in [-0.15, -0.1) is 10.2 Å². The topological polar surface area (TPSA) is 72.2 Å². The molecule has 2 aromatic heterocycles. The number of para-hydroxylation sites is 2. The van der Waals surface area contributed by atoms with E-state index >= 15 is 0 Å². The average molecular weight is 315 g/mol. The highest BCUT2D eigenvalue weighted by molar-refractivity contribution is 8.00. The van der Waals surface area contributed by atoms with Crippen LogP contribution in [-0.2, 0) is 4.79 Å². The zero-order chi connectivity index (χ0) is 15.5. The predicted octanol–water partition coefficient (Wildman–Crippen LogP) is 2.28. The molecule has 0 aliphatic rings. The standard InChI is InChI=1S/C15H17N5OS/c1-3-10(2)17-13(21)8-22-15-14-19-16-9-20(14)12-7-5-4-6-11(12)18-15/h4-7,9-10H,3,8H2,1-2H3,(H,17,21)/t10-/m1/s1. The molecule has 22 heavy (non-hydrogen) atoms. The lowest BCUT2D eigenvalue weighted by atomic mass is 10.3. The molecule has 0 aliphatic heterocycles. The fourth-order valence-corrected chi connectivity index (χ4v) is 2.91. The van der Waals surface area contributed by atoms with E-state index in [2.05, 4.69) is 20.5 Å². The first kappa shape index (κ1) is 14.8. The number of amides is 1. The van der Waals surface area contributed by atoms with Crippen LogP contribution < -0.4 is 5.32 Å². The van der Waals surface area contributed by atoms with E-state index in [1.165, 1.54) is 11.8 Å². The highest BCUT2D eigenvalue weighted by Gasteiger charge is 2.13. The van der Waals surface area contributed by atoms with E-state index in [4.69, 9.17) is 0 Å². The Bertz CT molecular complexity index is 816. The van der Waals surface area contributed by atoms with Crippen LogP contribution >= 0.6 is 11.8 Å². The molecule has 3 aromatic rings. The van der Waals surface area contributed by atoms with Gasteiger partial charge >= 0.3 is 0 Å². The van der Waals surface area contributed by atoms with Crippen molar-refractivity contribution >= 4 is 34.3 Å². The van der Waals surface area contributed by atoms with Gasteiger partial charge in [-0.2, -0.15) is 0 Å². The number of fused-ring (bicyclic) bond motifs is 3. The number of thioether (sulfide) groups is 1. The van der Waals surface area contributed by atoms with Crippen molar-refractivity contribution < 1.29 is 4.79 Å². The fraction of sp³-hybridized carbons (Fsp3) is 0.333. The molecule has 1 N–H and O–H groups in total. The maximum Gasteiger partial charge on any atom is 0.230 e. The van der Waals surface area contributed by atoms with E-state index in [0.717, 1.165) is 22.5 Å². The molecule has 1 atom stereocenters. The second-order valence-corrected chi connectivity index (χ2v) is 6.06. The SMILES string of the molecule is CC[C@@H](C)NC(=O)CSc1nc2ccccc2n2cnnc12. The van der Waals surface area contributed by atoms with Gasteiger partial charge < -0.3 is 5.32 Å². The molecule has 2 heterocycles. The number of carbonyl (C=O) groups excluding carboxylic acids is 1. The number of nitrogens with zero attached hydrogens (tertiary/aromatic N) is 4. The molecule has 0 saturated heterocycles. The van der Waals surface area contributed by atoms with E-state index in [0.29, 0.717) is 11.4 Å². The summed E-state index contributed by atoms with van der Waals surface area (Å²) in [6.45, 7) is 4.04. The molecule has 0 radical (unpaired) electrons. The van der Waals surface area contributed by atoms with E-state index < -0.39 is 0 Å². The Labute approximate surface area is 132 Å². The molecule has 1 amide bonds. The average Bonchev–Trinajstić information content (AvgIpc) is 3.02. The summed E-state index contributed by atoms with van der Waals surface area (Å²) in [5, 5.41) is 11.7. The highest BCUT2D eigenvalue weighted by Crippen LogP contribution is 2.24. The monoisotopic (exact) mass is 315 g/mol. The molecule has 0 bridgehead atoms. The minimum absolute atomic E-state index is 0.00646. The Morgan fingerprint density at radius 1 is 1.41 bits per heavy atom. The third-order valence-electron chi connectivity index (χ3n) is 3.46. The van der Waals surface area contributed by atoms with Gasteiger partial charge in [0, 0.05) is 6.04 Å². The van der Waals surface area contributed by atoms with Crippen molar-refractivity contribution in [3.63, 3.8) is 0 Å². The van der Waals surface area contributed by atoms with Crippen molar-refractivity contribution in [2.24, 2.45) is 0 Å². The Hall–Kier alpha value is -2.15. The maximum atomic E-state index is 11.9. The fourth-order valence-electron chi connectivity index (χ4n) is 2.13. The van der Waals surface area contributed by atoms with Crippen LogP contribution in [0.3, 0.4) is 0 Å². The van der Waals surface area contributed by atoms with Gasteiger partial charge in [-0.1, -0.05) is 30.8 Å². The zero-order valence-electron chi connectivity index (χ0n) is 12.5. The van der Waals surface area contributed by atoms with Crippen molar-refractivity contribution in [1.29, 1.82) is 0 Å². The number of hydrogen-bond donors (Lipinski definition) is 1. The third kappa shape index (κ3) is 2.89. The Morgan fingerprint density at radius 2 is 2.23 bits per heavy atom. The van der Waals surface area contributed by atoms with Crippen LogP contribution in [-0.4, -0.2) is 37.3 Å². The van der Waals surface area contributed by atoms with Gasteiger partial charge in [-0.25, -0.2) is 4.98 Å². The summed E-state index contributed by atoms with van der Waals surface area (Å²) in [5.41, 5.74) is 2.50. The van der Waals surface area contributed by atoms with E-state index in [1.54, 1.807) is 6.33 Å². The van der Waals surface area contributed by atoms with Crippen LogP contribution in [0.4, 0.5) is 0 Å². The Kier molecular flexibility index (Phi) is 4.24. The summed E-state index contributed by atoms with van der Waals surface area (Å²) in [6, 6.07) is 8.00. The first-order chi connectivity index (χ1) is 10.7. The third-order valence-corrected chi connectivity index (χ3v) is 4.42. The van der Waals surface area contributed by atoms with Gasteiger partial charge in [-0.05, 0) is 25.5 Å². The number of rotatable bonds is 5. The van der Waals surface area contributed by atoms with Crippen molar-refractivity contribution in [3.05, 3.63) is 30.6 Å². The van der Waals surface area contributed by atoms with E-state index in [9.17, 15) is 4.79 Å². The predicted molar refractivity (Wildman–Crippen MR) is 86.9 cm³/mol. The van der Waals surface area contributed by atoms with Gasteiger partial charge in [0.15, 0.2) is 5.65 Å². The summed E-state index contributed by atoms with van der Waals surface area (Å²) in [6.07, 6.45) is 2.59. The molecule has 6 nitrogen and oxygen atoms in total. The van der Waals surface area contributed by atoms with Crippen molar-refractivity contribution in [2.45, 2.75) is 31.3 Å². The molecule has 3 rings (SSSR count). The lowest BCUT2D eigenvalue weighted by Crippen LogP contribution is -2.33. The number of benzene rings is 1. The van der Waals surface area contributed by atoms with Crippen LogP contribution in [0.5, 0.6) is 0 Å². The molecule has 0 saturated carbocycles. The van der Waals surface area contributed by atoms with E-state index in [-0.39, 0.29) is 11.9 Å². The van der Waals surface area contributed by atoms with Gasteiger partial charge in [0.05, 0.1) is 16.8 Å². The second-order valence-electron chi connectivity index (χ2n) is 5.10. The van der Waals surface area contributed by atoms with Gasteiger partial charge in [-0.3, -0.25) is 9.20 Å². The molecule has 0 unspecified atom stereocenters. The van der Waals surface area contributed by atoms with Gasteiger partial charge in [0.25, 0.3) is 0 Å². The van der Waals surface area contributed by atoms with E-state index in [1.807, 2.05) is 42.5 Å². The smallest absolute Gasteiger partial charge is 0.230 e. The summed E-state index contributed by atoms with van der Waals surface area (Å²) in [5.74, 6) is 0.324. The summed E-state index contributed by atoms with van der Waals surface area (Å²) in [7, 11) is 0. The number of nitrogens with one attached hydrogen (secondary N) is 1. The largest absolute Gasteiger partial charge is 0.353 e. The molecule has 7 heteroatoms. The number of carbonyl (C=O) groups is 1. The van der Waals surface area contributed by atoms with Crippen molar-refractivity contribution in [2.75, 3.05) is 5.75 Å². The molecule has 0 aliphatic carbocycles. The summed E-state index contributed by atoms with van der Waals surface area (Å²) in [4.78, 5) is 16.5. The normalized spacial score (nSPS) is 12.6. The van der Waals surface area contributed by atoms with Gasteiger partial charge in [0.1, 0.15) is 11.4 Å². The lowest BCUT2D eigenvalue weighted by molar-refractivity contribution is -0.119. The molecule has 114 valence electrons. The highest BCUT2D eigenvalue weighted by atomic mass is 32.2. The Morgan fingerprint density at radius 3 is 3.05 bits per heavy atom.